The fourth-order valence-electron chi connectivity index (χ4n) is 5.03. The second kappa shape index (κ2) is 14.4. The molecule has 0 spiro atoms. The molecule has 0 amide bonds. The minimum atomic E-state index is -1.31. The van der Waals surface area contributed by atoms with E-state index in [1.165, 1.54) is 30.3 Å². The summed E-state index contributed by atoms with van der Waals surface area (Å²) in [5.41, 5.74) is 0.475. The third-order valence-electron chi connectivity index (χ3n) is 7.53. The average molecular weight is 585 g/mol. The molecule has 1 aliphatic rings. The molecule has 1 unspecified atom stereocenters. The summed E-state index contributed by atoms with van der Waals surface area (Å²) in [6.07, 6.45) is 13.0. The van der Waals surface area contributed by atoms with Crippen LogP contribution < -0.4 is 4.74 Å². The second-order valence-corrected chi connectivity index (χ2v) is 10.4. The maximum absolute atomic E-state index is 15.0. The van der Waals surface area contributed by atoms with E-state index in [-0.39, 0.29) is 29.4 Å². The number of ether oxygens (including phenoxy) is 1. The first-order valence-electron chi connectivity index (χ1n) is 14.3. The number of halogens is 6. The van der Waals surface area contributed by atoms with E-state index in [0.717, 1.165) is 6.42 Å². The number of aryl methyl sites for hydroxylation is 1. The normalized spacial score (nSPS) is 15.5. The van der Waals surface area contributed by atoms with Crippen molar-refractivity contribution in [2.75, 3.05) is 6.61 Å². The Hall–Kier alpha value is -3.74. The number of hydrogen-bond donors (Lipinski definition) is 0. The third kappa shape index (κ3) is 7.00. The zero-order chi connectivity index (χ0) is 30.2. The first-order chi connectivity index (χ1) is 20.3. The van der Waals surface area contributed by atoms with Gasteiger partial charge < -0.3 is 4.74 Å². The monoisotopic (exact) mass is 584 g/mol. The first-order valence-corrected chi connectivity index (χ1v) is 14.3. The van der Waals surface area contributed by atoms with Crippen molar-refractivity contribution in [2.45, 2.75) is 58.8 Å². The van der Waals surface area contributed by atoms with Gasteiger partial charge in [-0.2, -0.15) is 4.39 Å². The Labute approximate surface area is 243 Å². The summed E-state index contributed by atoms with van der Waals surface area (Å²) in [5, 5.41) is 0. The summed E-state index contributed by atoms with van der Waals surface area (Å²) in [4.78, 5) is 0. The number of unbranched alkanes of at least 4 members (excludes halogenated alkanes) is 1. The maximum Gasteiger partial charge on any atom is 0.201 e. The van der Waals surface area contributed by atoms with Gasteiger partial charge in [-0.15, -0.1) is 0 Å². The molecule has 1 aliphatic carbocycles. The van der Waals surface area contributed by atoms with E-state index in [9.17, 15) is 26.3 Å². The molecule has 1 atom stereocenters. The van der Waals surface area contributed by atoms with Crippen LogP contribution in [0, 0.1) is 40.8 Å². The molecule has 0 aliphatic heterocycles. The molecular formula is C35H34F6O. The molecule has 0 fully saturated rings. The van der Waals surface area contributed by atoms with Gasteiger partial charge in [0.15, 0.2) is 34.8 Å². The van der Waals surface area contributed by atoms with Crippen molar-refractivity contribution in [2.24, 2.45) is 5.92 Å². The van der Waals surface area contributed by atoms with Crippen LogP contribution in [0.25, 0.3) is 22.8 Å². The number of allylic oxidation sites excluding steroid dienone is 5. The van der Waals surface area contributed by atoms with Crippen LogP contribution in [0.4, 0.5) is 26.3 Å². The van der Waals surface area contributed by atoms with Crippen molar-refractivity contribution < 1.29 is 31.1 Å². The number of rotatable bonds is 11. The lowest BCUT2D eigenvalue weighted by molar-refractivity contribution is 0.289. The quantitative estimate of drug-likeness (QED) is 0.124. The summed E-state index contributed by atoms with van der Waals surface area (Å²) in [6.45, 7) is 4.02. The number of benzene rings is 3. The molecule has 0 radical (unpaired) electrons. The van der Waals surface area contributed by atoms with E-state index in [2.05, 4.69) is 0 Å². The van der Waals surface area contributed by atoms with Crippen molar-refractivity contribution in [1.82, 2.24) is 0 Å². The fourth-order valence-corrected chi connectivity index (χ4v) is 5.03. The van der Waals surface area contributed by atoms with Gasteiger partial charge in [0.2, 0.25) is 5.82 Å². The van der Waals surface area contributed by atoms with E-state index in [1.54, 1.807) is 18.2 Å². The Morgan fingerprint density at radius 3 is 2.19 bits per heavy atom. The molecule has 42 heavy (non-hydrogen) atoms. The molecule has 7 heteroatoms. The topological polar surface area (TPSA) is 9.23 Å². The molecule has 222 valence electrons. The Balaban J connectivity index is 1.46. The van der Waals surface area contributed by atoms with E-state index < -0.39 is 46.0 Å². The molecule has 0 bridgehead atoms. The van der Waals surface area contributed by atoms with Gasteiger partial charge in [-0.25, -0.2) is 22.0 Å². The lowest BCUT2D eigenvalue weighted by Crippen LogP contribution is -2.06. The van der Waals surface area contributed by atoms with Gasteiger partial charge in [-0.05, 0) is 74.6 Å². The van der Waals surface area contributed by atoms with Gasteiger partial charge in [0.25, 0.3) is 0 Å². The summed E-state index contributed by atoms with van der Waals surface area (Å²) in [6, 6.07) is 8.15. The zero-order valence-corrected chi connectivity index (χ0v) is 23.8. The summed E-state index contributed by atoms with van der Waals surface area (Å²) >= 11 is 0. The Morgan fingerprint density at radius 2 is 1.50 bits per heavy atom. The lowest BCUT2D eigenvalue weighted by Gasteiger charge is -2.20. The van der Waals surface area contributed by atoms with Crippen LogP contribution in [0.5, 0.6) is 5.75 Å². The highest BCUT2D eigenvalue weighted by atomic mass is 19.2. The molecule has 0 aromatic heterocycles. The van der Waals surface area contributed by atoms with Crippen LogP contribution in [0.2, 0.25) is 0 Å². The summed E-state index contributed by atoms with van der Waals surface area (Å²) in [5.74, 6) is -6.98. The van der Waals surface area contributed by atoms with Gasteiger partial charge in [-0.3, -0.25) is 0 Å². The number of hydrogen-bond acceptors (Lipinski definition) is 1. The van der Waals surface area contributed by atoms with Gasteiger partial charge in [0.05, 0.1) is 6.61 Å². The standard InChI is InChI=1S/C35H34F6O/c1-3-5-7-8-24-15-17-26(32(38)30(24)36)23-12-9-22(10-13-23)11-14-25-16-18-27(33(39)31(25)37)28-19-20-29(35(41)34(28)40)42-21-6-4-2/h3,5,11-12,14-20,22H,4,6-10,13,21H2,1-2H3. The van der Waals surface area contributed by atoms with Gasteiger partial charge in [0.1, 0.15) is 0 Å². The fraction of sp³-hybridized carbons (Fsp3) is 0.314. The van der Waals surface area contributed by atoms with Crippen LogP contribution in [0.3, 0.4) is 0 Å². The highest BCUT2D eigenvalue weighted by Gasteiger charge is 2.22. The largest absolute Gasteiger partial charge is 0.490 e. The van der Waals surface area contributed by atoms with Crippen molar-refractivity contribution in [1.29, 1.82) is 0 Å². The second-order valence-electron chi connectivity index (χ2n) is 10.4. The van der Waals surface area contributed by atoms with Crippen molar-refractivity contribution in [3.05, 3.63) is 112 Å². The smallest absolute Gasteiger partial charge is 0.201 e. The van der Waals surface area contributed by atoms with E-state index >= 15 is 0 Å². The van der Waals surface area contributed by atoms with E-state index in [1.807, 2.05) is 32.1 Å². The lowest BCUT2D eigenvalue weighted by atomic mass is 9.85. The third-order valence-corrected chi connectivity index (χ3v) is 7.53. The van der Waals surface area contributed by atoms with E-state index in [0.29, 0.717) is 49.7 Å². The Morgan fingerprint density at radius 1 is 0.810 bits per heavy atom. The Kier molecular flexibility index (Phi) is 10.7. The predicted molar refractivity (Wildman–Crippen MR) is 156 cm³/mol. The summed E-state index contributed by atoms with van der Waals surface area (Å²) < 4.78 is 93.8. The zero-order valence-electron chi connectivity index (χ0n) is 23.8. The van der Waals surface area contributed by atoms with Crippen LogP contribution >= 0.6 is 0 Å². The maximum atomic E-state index is 15.0. The predicted octanol–water partition coefficient (Wildman–Crippen LogP) is 10.8. The molecule has 3 aromatic carbocycles. The molecule has 0 heterocycles. The molecule has 3 aromatic rings. The van der Waals surface area contributed by atoms with Crippen molar-refractivity contribution >= 4 is 11.6 Å². The SMILES string of the molecule is CC=CCCc1ccc(C2=CCC(C=Cc3ccc(-c4ccc(OCCCC)c(F)c4F)c(F)c3F)CC2)c(F)c1F. The van der Waals surface area contributed by atoms with Gasteiger partial charge >= 0.3 is 0 Å². The highest BCUT2D eigenvalue weighted by molar-refractivity contribution is 5.69. The average Bonchev–Trinajstić information content (AvgIpc) is 2.99. The minimum absolute atomic E-state index is 0.0179. The summed E-state index contributed by atoms with van der Waals surface area (Å²) in [7, 11) is 0. The molecule has 0 saturated heterocycles. The molecular weight excluding hydrogens is 550 g/mol. The minimum Gasteiger partial charge on any atom is -0.490 e. The first kappa shape index (κ1) is 31.2. The van der Waals surface area contributed by atoms with Crippen molar-refractivity contribution in [3.8, 4) is 16.9 Å². The van der Waals surface area contributed by atoms with Gasteiger partial charge in [0, 0.05) is 22.3 Å². The Bertz CT molecular complexity index is 1500. The molecule has 1 nitrogen and oxygen atoms in total. The van der Waals surface area contributed by atoms with Crippen molar-refractivity contribution in [3.63, 3.8) is 0 Å². The molecule has 0 saturated carbocycles. The molecule has 0 N–H and O–H groups in total. The van der Waals surface area contributed by atoms with Gasteiger partial charge in [-0.1, -0.05) is 68.0 Å². The van der Waals surface area contributed by atoms with Crippen LogP contribution in [0.1, 0.15) is 69.1 Å². The van der Waals surface area contributed by atoms with Crippen LogP contribution in [0.15, 0.2) is 60.7 Å². The highest BCUT2D eigenvalue weighted by Crippen LogP contribution is 2.36. The van der Waals surface area contributed by atoms with Crippen LogP contribution in [-0.4, -0.2) is 6.61 Å². The molecule has 4 rings (SSSR count). The van der Waals surface area contributed by atoms with Crippen LogP contribution in [-0.2, 0) is 6.42 Å². The van der Waals surface area contributed by atoms with E-state index in [4.69, 9.17) is 4.74 Å².